The zero-order chi connectivity index (χ0) is 26.5. The minimum atomic E-state index is -0.316. The lowest BCUT2D eigenvalue weighted by Gasteiger charge is -2.12. The van der Waals surface area contributed by atoms with Gasteiger partial charge in [0.1, 0.15) is 41.8 Å². The second kappa shape index (κ2) is 11.6. The van der Waals surface area contributed by atoms with Gasteiger partial charge in [-0.15, -0.1) is 0 Å². The molecule has 2 aromatic heterocycles. The summed E-state index contributed by atoms with van der Waals surface area (Å²) in [7, 11) is 1.76. The molecule has 1 atom stereocenters. The fourth-order valence-corrected chi connectivity index (χ4v) is 4.55. The number of rotatable bonds is 9. The molecule has 0 fully saturated rings. The molecule has 0 saturated heterocycles. The number of hydrogen-bond acceptors (Lipinski definition) is 7. The minimum Gasteiger partial charge on any atom is -0.487 e. The molecule has 0 aliphatic carbocycles. The first-order valence-electron chi connectivity index (χ1n) is 11.6. The number of aromatic nitrogens is 2. The molecule has 0 aliphatic heterocycles. The first kappa shape index (κ1) is 25.6. The van der Waals surface area contributed by atoms with Crippen LogP contribution in [0, 0.1) is 5.82 Å². The van der Waals surface area contributed by atoms with Crippen molar-refractivity contribution in [3.8, 4) is 17.1 Å². The van der Waals surface area contributed by atoms with E-state index >= 15 is 0 Å². The van der Waals surface area contributed by atoms with E-state index < -0.39 is 0 Å². The van der Waals surface area contributed by atoms with Crippen molar-refractivity contribution in [3.05, 3.63) is 101 Å². The van der Waals surface area contributed by atoms with Crippen LogP contribution in [0.25, 0.3) is 22.2 Å². The third kappa shape index (κ3) is 5.75. The molecule has 3 aromatic carbocycles. The molecule has 5 rings (SSSR count). The molecule has 0 amide bonds. The second-order valence-electron chi connectivity index (χ2n) is 8.34. The van der Waals surface area contributed by atoms with Gasteiger partial charge in [-0.05, 0) is 73.3 Å². The lowest BCUT2D eigenvalue weighted by atomic mass is 10.1. The third-order valence-electron chi connectivity index (χ3n) is 5.83. The Morgan fingerprint density at radius 3 is 2.79 bits per heavy atom. The molecular weight excluding hydrogens is 527 g/mol. The van der Waals surface area contributed by atoms with Gasteiger partial charge in [0, 0.05) is 22.0 Å². The minimum absolute atomic E-state index is 0.195. The summed E-state index contributed by atoms with van der Waals surface area (Å²) in [5.74, 6) is 2.06. The summed E-state index contributed by atoms with van der Waals surface area (Å²) in [6, 6.07) is 20.7. The van der Waals surface area contributed by atoms with Crippen molar-refractivity contribution in [1.82, 2.24) is 15.3 Å². The zero-order valence-electron chi connectivity index (χ0n) is 20.2. The molecule has 2 N–H and O–H groups in total. The van der Waals surface area contributed by atoms with Crippen molar-refractivity contribution >= 4 is 50.6 Å². The van der Waals surface area contributed by atoms with Gasteiger partial charge < -0.3 is 19.8 Å². The normalized spacial score (nSPS) is 11.8. The van der Waals surface area contributed by atoms with E-state index in [1.54, 1.807) is 31.3 Å². The summed E-state index contributed by atoms with van der Waals surface area (Å²) in [5, 5.41) is 9.06. The van der Waals surface area contributed by atoms with Crippen molar-refractivity contribution in [2.24, 2.45) is 0 Å². The maximum absolute atomic E-state index is 13.4. The predicted molar refractivity (Wildman–Crippen MR) is 149 cm³/mol. The molecule has 192 valence electrons. The highest BCUT2D eigenvalue weighted by atomic mass is 35.5. The van der Waals surface area contributed by atoms with Crippen LogP contribution in [0.2, 0.25) is 5.02 Å². The fourth-order valence-electron chi connectivity index (χ4n) is 3.94. The molecular formula is C28H22ClFN4O3S. The van der Waals surface area contributed by atoms with Gasteiger partial charge in [-0.2, -0.15) is 0 Å². The number of nitrogens with zero attached hydrogens (tertiary/aromatic N) is 2. The second-order valence-corrected chi connectivity index (χ2v) is 9.22. The van der Waals surface area contributed by atoms with Crippen LogP contribution < -0.4 is 15.4 Å². The Hall–Kier alpha value is -4.05. The van der Waals surface area contributed by atoms with E-state index in [4.69, 9.17) is 20.8 Å². The Kier molecular flexibility index (Phi) is 7.78. The topological polar surface area (TPSA) is 89.3 Å². The first-order valence-corrected chi connectivity index (χ1v) is 12.8. The molecule has 10 heteroatoms. The van der Waals surface area contributed by atoms with Gasteiger partial charge in [-0.25, -0.2) is 18.6 Å². The lowest BCUT2D eigenvalue weighted by molar-refractivity contribution is 0.306. The maximum atomic E-state index is 13.4. The van der Waals surface area contributed by atoms with Gasteiger partial charge in [0.15, 0.2) is 0 Å². The summed E-state index contributed by atoms with van der Waals surface area (Å²) in [4.78, 5) is 8.80. The number of nitrogens with one attached hydrogen (secondary N) is 2. The van der Waals surface area contributed by atoms with Crippen LogP contribution in [0.3, 0.4) is 0 Å². The van der Waals surface area contributed by atoms with E-state index in [2.05, 4.69) is 20.6 Å². The standard InChI is InChI=1S/C28H22ClFN4O3S/c1-31-24(15-38-35)27-10-9-25(37-27)18-5-7-23-21(12-18)28(33-16-32-23)34-20-6-8-26(22(29)13-20)36-14-17-3-2-4-19(30)11-17/h2-13,15-16,24,31H,14H2,1H3,(H,32,33,34). The molecule has 2 heterocycles. The summed E-state index contributed by atoms with van der Waals surface area (Å²) in [6.45, 7) is 0.195. The number of hydrogen-bond donors (Lipinski definition) is 2. The van der Waals surface area contributed by atoms with Gasteiger partial charge in [-0.3, -0.25) is 0 Å². The van der Waals surface area contributed by atoms with Crippen molar-refractivity contribution in [2.75, 3.05) is 12.4 Å². The quantitative estimate of drug-likeness (QED) is 0.209. The van der Waals surface area contributed by atoms with Gasteiger partial charge in [0.2, 0.25) is 0 Å². The van der Waals surface area contributed by atoms with Gasteiger partial charge in [-0.1, -0.05) is 23.7 Å². The molecule has 0 bridgehead atoms. The fraction of sp³-hybridized carbons (Fsp3) is 0.107. The third-order valence-corrected chi connectivity index (χ3v) is 6.51. The van der Waals surface area contributed by atoms with Crippen LogP contribution in [0.4, 0.5) is 15.9 Å². The van der Waals surface area contributed by atoms with E-state index in [0.717, 1.165) is 16.5 Å². The van der Waals surface area contributed by atoms with E-state index in [1.165, 1.54) is 23.8 Å². The number of furan rings is 1. The number of anilines is 2. The summed E-state index contributed by atoms with van der Waals surface area (Å²) >= 11 is 6.86. The van der Waals surface area contributed by atoms with Crippen LogP contribution in [0.5, 0.6) is 5.75 Å². The van der Waals surface area contributed by atoms with Crippen LogP contribution >= 0.6 is 11.6 Å². The molecule has 7 nitrogen and oxygen atoms in total. The van der Waals surface area contributed by atoms with Crippen molar-refractivity contribution in [2.45, 2.75) is 12.6 Å². The SMILES string of the molecule is CNC(C=S=O)c1ccc(-c2ccc3ncnc(Nc4ccc(OCc5cccc(F)c5)c(Cl)c4)c3c2)o1. The van der Waals surface area contributed by atoms with Crippen LogP contribution in [0.15, 0.2) is 83.5 Å². The Balaban J connectivity index is 1.37. The van der Waals surface area contributed by atoms with Crippen LogP contribution in [-0.4, -0.2) is 26.6 Å². The summed E-state index contributed by atoms with van der Waals surface area (Å²) < 4.78 is 36.2. The first-order chi connectivity index (χ1) is 18.5. The van der Waals surface area contributed by atoms with E-state index in [0.29, 0.717) is 50.6 Å². The Morgan fingerprint density at radius 1 is 1.11 bits per heavy atom. The number of halogens is 2. The number of fused-ring (bicyclic) bond motifs is 1. The molecule has 0 radical (unpaired) electrons. The Morgan fingerprint density at radius 2 is 2.00 bits per heavy atom. The molecule has 1 unspecified atom stereocenters. The summed E-state index contributed by atoms with van der Waals surface area (Å²) in [6.07, 6.45) is 1.49. The van der Waals surface area contributed by atoms with E-state index in [9.17, 15) is 8.60 Å². The Bertz CT molecular complexity index is 1650. The van der Waals surface area contributed by atoms with Crippen molar-refractivity contribution in [3.63, 3.8) is 0 Å². The van der Waals surface area contributed by atoms with E-state index in [1.807, 2.05) is 36.4 Å². The van der Waals surface area contributed by atoms with Gasteiger partial charge in [0.05, 0.1) is 27.8 Å². The lowest BCUT2D eigenvalue weighted by Crippen LogP contribution is -2.16. The highest BCUT2D eigenvalue weighted by Gasteiger charge is 2.14. The van der Waals surface area contributed by atoms with Gasteiger partial charge >= 0.3 is 0 Å². The molecule has 0 saturated carbocycles. The molecule has 0 spiro atoms. The highest BCUT2D eigenvalue weighted by Crippen LogP contribution is 2.33. The molecule has 38 heavy (non-hydrogen) atoms. The largest absolute Gasteiger partial charge is 0.487 e. The smallest absolute Gasteiger partial charge is 0.141 e. The number of benzene rings is 3. The molecule has 0 aliphatic rings. The average Bonchev–Trinajstić information content (AvgIpc) is 3.41. The van der Waals surface area contributed by atoms with E-state index in [-0.39, 0.29) is 18.5 Å². The maximum Gasteiger partial charge on any atom is 0.141 e. The summed E-state index contributed by atoms with van der Waals surface area (Å²) in [5.41, 5.74) is 3.01. The van der Waals surface area contributed by atoms with Crippen LogP contribution in [-0.2, 0) is 17.9 Å². The number of ether oxygens (including phenoxy) is 1. The van der Waals surface area contributed by atoms with Crippen molar-refractivity contribution < 1.29 is 17.8 Å². The zero-order valence-corrected chi connectivity index (χ0v) is 21.7. The highest BCUT2D eigenvalue weighted by molar-refractivity contribution is 7.64. The van der Waals surface area contributed by atoms with Crippen LogP contribution in [0.1, 0.15) is 17.4 Å². The van der Waals surface area contributed by atoms with Crippen molar-refractivity contribution in [1.29, 1.82) is 0 Å². The average molecular weight is 549 g/mol. The molecule has 5 aromatic rings. The Labute approximate surface area is 226 Å². The predicted octanol–water partition coefficient (Wildman–Crippen LogP) is 6.28. The van der Waals surface area contributed by atoms with Gasteiger partial charge in [0.25, 0.3) is 0 Å². The monoisotopic (exact) mass is 548 g/mol.